The monoisotopic (exact) mass is 651 g/mol. The summed E-state index contributed by atoms with van der Waals surface area (Å²) in [6, 6.07) is 72.0. The molecule has 51 heavy (non-hydrogen) atoms. The molecule has 2 heterocycles. The van der Waals surface area contributed by atoms with Crippen molar-refractivity contribution >= 4 is 21.8 Å². The molecule has 0 spiro atoms. The van der Waals surface area contributed by atoms with E-state index in [2.05, 4.69) is 205 Å². The van der Waals surface area contributed by atoms with E-state index in [1.165, 1.54) is 44.1 Å². The molecule has 240 valence electrons. The summed E-state index contributed by atoms with van der Waals surface area (Å²) in [6.45, 7) is 0. The normalized spacial score (nSPS) is 13.0. The van der Waals surface area contributed by atoms with Crippen LogP contribution in [-0.2, 0) is 5.41 Å². The molecule has 1 aliphatic rings. The van der Waals surface area contributed by atoms with Crippen LogP contribution in [0.3, 0.4) is 0 Å². The van der Waals surface area contributed by atoms with Gasteiger partial charge in [-0.25, -0.2) is 0 Å². The number of para-hydroxylation sites is 3. The van der Waals surface area contributed by atoms with Gasteiger partial charge in [0.1, 0.15) is 11.5 Å². The Bertz CT molecular complexity index is 2670. The van der Waals surface area contributed by atoms with Gasteiger partial charge in [-0.1, -0.05) is 152 Å². The molecule has 10 rings (SSSR count). The number of benzene rings is 8. The fourth-order valence-electron chi connectivity index (χ4n) is 8.37. The Morgan fingerprint density at radius 3 is 1.76 bits per heavy atom. The molecule has 2 heteroatoms. The van der Waals surface area contributed by atoms with E-state index in [0.717, 1.165) is 39.4 Å². The van der Waals surface area contributed by atoms with Gasteiger partial charge >= 0.3 is 0 Å². The number of aromatic nitrogens is 1. The first-order valence-corrected chi connectivity index (χ1v) is 17.5. The van der Waals surface area contributed by atoms with Gasteiger partial charge in [0.15, 0.2) is 0 Å². The van der Waals surface area contributed by atoms with E-state index >= 15 is 0 Å². The topological polar surface area (TPSA) is 14.2 Å². The third-order valence-corrected chi connectivity index (χ3v) is 10.5. The van der Waals surface area contributed by atoms with Crippen molar-refractivity contribution < 1.29 is 4.74 Å². The van der Waals surface area contributed by atoms with Gasteiger partial charge in [-0.3, -0.25) is 0 Å². The number of hydrogen-bond donors (Lipinski definition) is 0. The molecule has 0 unspecified atom stereocenters. The molecule has 0 fully saturated rings. The SMILES string of the molecule is c1ccc(-n2c3ccccc3c3c(-c4cccc(-c5ccc6c(c5)C(c5ccccc5)(c5ccccc5)c5ccccc5O6)c4)cccc32)cc1. The summed E-state index contributed by atoms with van der Waals surface area (Å²) in [5.74, 6) is 1.76. The Kier molecular flexibility index (Phi) is 6.75. The molecular formula is C49H33NO. The molecule has 1 aromatic heterocycles. The molecule has 2 nitrogen and oxygen atoms in total. The lowest BCUT2D eigenvalue weighted by Crippen LogP contribution is -2.34. The van der Waals surface area contributed by atoms with Crippen molar-refractivity contribution in [2.24, 2.45) is 0 Å². The molecule has 0 bridgehead atoms. The van der Waals surface area contributed by atoms with Gasteiger partial charge in [-0.15, -0.1) is 0 Å². The van der Waals surface area contributed by atoms with Crippen LogP contribution in [0, 0.1) is 0 Å². The van der Waals surface area contributed by atoms with Crippen LogP contribution in [0.4, 0.5) is 0 Å². The van der Waals surface area contributed by atoms with Crippen LogP contribution in [0.1, 0.15) is 22.3 Å². The van der Waals surface area contributed by atoms with Crippen molar-refractivity contribution in [2.75, 3.05) is 0 Å². The van der Waals surface area contributed by atoms with Crippen molar-refractivity contribution in [2.45, 2.75) is 5.41 Å². The second-order valence-corrected chi connectivity index (χ2v) is 13.3. The number of ether oxygens (including phenoxy) is 1. The van der Waals surface area contributed by atoms with Gasteiger partial charge in [0.25, 0.3) is 0 Å². The standard InChI is InChI=1S/C49H33NO/c1-4-18-37(19-5-1)49(38-20-6-2-7-21-38)42-26-11-13-29-46(42)51-47-31-30-35(33-43(47)49)34-16-14-17-36(32-34)40-25-15-28-45-48(40)41-24-10-12-27-44(41)50(45)39-22-8-3-9-23-39/h1-33H. The molecule has 0 radical (unpaired) electrons. The molecule has 0 saturated carbocycles. The second kappa shape index (κ2) is 11.8. The number of fused-ring (bicyclic) bond motifs is 5. The van der Waals surface area contributed by atoms with E-state index in [-0.39, 0.29) is 0 Å². The molecule has 0 saturated heterocycles. The molecule has 0 amide bonds. The molecule has 8 aromatic carbocycles. The van der Waals surface area contributed by atoms with E-state index in [4.69, 9.17) is 4.74 Å². The van der Waals surface area contributed by atoms with E-state index in [1.807, 2.05) is 0 Å². The van der Waals surface area contributed by atoms with Crippen LogP contribution < -0.4 is 4.74 Å². The summed E-state index contributed by atoms with van der Waals surface area (Å²) in [7, 11) is 0. The van der Waals surface area contributed by atoms with Crippen LogP contribution in [-0.4, -0.2) is 4.57 Å². The highest BCUT2D eigenvalue weighted by Gasteiger charge is 2.45. The first-order valence-electron chi connectivity index (χ1n) is 17.5. The van der Waals surface area contributed by atoms with Gasteiger partial charge in [0.05, 0.1) is 16.4 Å². The summed E-state index contributed by atoms with van der Waals surface area (Å²) in [6.07, 6.45) is 0. The minimum atomic E-state index is -0.564. The Labute approximate surface area is 297 Å². The third kappa shape index (κ3) is 4.50. The summed E-state index contributed by atoms with van der Waals surface area (Å²) in [4.78, 5) is 0. The number of rotatable bonds is 5. The molecular weight excluding hydrogens is 619 g/mol. The fraction of sp³-hybridized carbons (Fsp3) is 0.0204. The smallest absolute Gasteiger partial charge is 0.132 e. The lowest BCUT2D eigenvalue weighted by atomic mass is 9.63. The Morgan fingerprint density at radius 1 is 0.392 bits per heavy atom. The van der Waals surface area contributed by atoms with E-state index in [1.54, 1.807) is 0 Å². The highest BCUT2D eigenvalue weighted by molar-refractivity contribution is 6.15. The highest BCUT2D eigenvalue weighted by Crippen LogP contribution is 2.56. The number of hydrogen-bond acceptors (Lipinski definition) is 1. The zero-order valence-electron chi connectivity index (χ0n) is 27.9. The lowest BCUT2D eigenvalue weighted by Gasteiger charge is -2.41. The zero-order valence-corrected chi connectivity index (χ0v) is 27.9. The predicted molar refractivity (Wildman–Crippen MR) is 210 cm³/mol. The average Bonchev–Trinajstić information content (AvgIpc) is 3.55. The van der Waals surface area contributed by atoms with E-state index < -0.39 is 5.41 Å². The minimum absolute atomic E-state index is 0.564. The van der Waals surface area contributed by atoms with Crippen molar-refractivity contribution in [3.8, 4) is 39.4 Å². The first kappa shape index (κ1) is 29.3. The van der Waals surface area contributed by atoms with Crippen LogP contribution in [0.2, 0.25) is 0 Å². The van der Waals surface area contributed by atoms with Gasteiger partial charge in [-0.2, -0.15) is 0 Å². The molecule has 0 N–H and O–H groups in total. The van der Waals surface area contributed by atoms with Gasteiger partial charge < -0.3 is 9.30 Å². The van der Waals surface area contributed by atoms with Gasteiger partial charge in [0.2, 0.25) is 0 Å². The number of nitrogens with zero attached hydrogens (tertiary/aromatic N) is 1. The van der Waals surface area contributed by atoms with Crippen LogP contribution in [0.5, 0.6) is 11.5 Å². The zero-order chi connectivity index (χ0) is 33.8. The van der Waals surface area contributed by atoms with Gasteiger partial charge in [0, 0.05) is 27.6 Å². The van der Waals surface area contributed by atoms with Crippen LogP contribution in [0.15, 0.2) is 200 Å². The fourth-order valence-corrected chi connectivity index (χ4v) is 8.37. The molecule has 0 aliphatic carbocycles. The van der Waals surface area contributed by atoms with Gasteiger partial charge in [-0.05, 0) is 81.9 Å². The van der Waals surface area contributed by atoms with Crippen LogP contribution in [0.25, 0.3) is 49.7 Å². The van der Waals surface area contributed by atoms with Crippen molar-refractivity contribution in [3.63, 3.8) is 0 Å². The maximum atomic E-state index is 6.69. The highest BCUT2D eigenvalue weighted by atomic mass is 16.5. The quantitative estimate of drug-likeness (QED) is 0.181. The summed E-state index contributed by atoms with van der Waals surface area (Å²) >= 11 is 0. The minimum Gasteiger partial charge on any atom is -0.457 e. The Balaban J connectivity index is 1.18. The predicted octanol–water partition coefficient (Wildman–Crippen LogP) is 12.6. The average molecular weight is 652 g/mol. The summed E-state index contributed by atoms with van der Waals surface area (Å²) in [5, 5.41) is 2.51. The Morgan fingerprint density at radius 2 is 0.980 bits per heavy atom. The maximum absolute atomic E-state index is 6.69. The van der Waals surface area contributed by atoms with Crippen molar-refractivity contribution in [1.29, 1.82) is 0 Å². The summed E-state index contributed by atoms with van der Waals surface area (Å²) in [5.41, 5.74) is 12.4. The van der Waals surface area contributed by atoms with E-state index in [0.29, 0.717) is 0 Å². The second-order valence-electron chi connectivity index (χ2n) is 13.3. The van der Waals surface area contributed by atoms with Crippen LogP contribution >= 0.6 is 0 Å². The first-order chi connectivity index (χ1) is 25.3. The van der Waals surface area contributed by atoms with E-state index in [9.17, 15) is 0 Å². The van der Waals surface area contributed by atoms with Crippen molar-refractivity contribution in [1.82, 2.24) is 4.57 Å². The molecule has 9 aromatic rings. The lowest BCUT2D eigenvalue weighted by molar-refractivity contribution is 0.434. The largest absolute Gasteiger partial charge is 0.457 e. The Hall–Kier alpha value is -6.64. The molecule has 1 aliphatic heterocycles. The summed E-state index contributed by atoms with van der Waals surface area (Å²) < 4.78 is 9.07. The third-order valence-electron chi connectivity index (χ3n) is 10.5. The maximum Gasteiger partial charge on any atom is 0.132 e. The van der Waals surface area contributed by atoms with Crippen molar-refractivity contribution in [3.05, 3.63) is 222 Å². The molecule has 0 atom stereocenters.